The van der Waals surface area contributed by atoms with Crippen molar-refractivity contribution in [3.8, 4) is 0 Å². The quantitative estimate of drug-likeness (QED) is 0.632. The van der Waals surface area contributed by atoms with Gasteiger partial charge in [0.15, 0.2) is 0 Å². The Labute approximate surface area is 180 Å². The third kappa shape index (κ3) is 6.68. The number of carbonyl (C=O) groups excluding carboxylic acids is 2. The van der Waals surface area contributed by atoms with E-state index < -0.39 is 0 Å². The van der Waals surface area contributed by atoms with Crippen LogP contribution in [0.15, 0.2) is 60.7 Å². The molecule has 2 atom stereocenters. The first-order chi connectivity index (χ1) is 14.3. The molecule has 2 unspecified atom stereocenters. The van der Waals surface area contributed by atoms with Crippen molar-refractivity contribution in [1.82, 2.24) is 20.4 Å². The maximum absolute atomic E-state index is 12.8. The number of likely N-dealkylation sites (N-methyl/N-ethyl adjacent to an activating group) is 2. The molecule has 0 saturated carbocycles. The van der Waals surface area contributed by atoms with Crippen LogP contribution in [-0.2, 0) is 9.59 Å². The summed E-state index contributed by atoms with van der Waals surface area (Å²) in [6.45, 7) is 3.00. The van der Waals surface area contributed by atoms with Crippen LogP contribution < -0.4 is 10.6 Å². The van der Waals surface area contributed by atoms with E-state index in [9.17, 15) is 9.59 Å². The van der Waals surface area contributed by atoms with Gasteiger partial charge in [0.2, 0.25) is 11.8 Å². The van der Waals surface area contributed by atoms with E-state index in [1.165, 1.54) is 0 Å². The molecule has 0 aliphatic heterocycles. The number of amides is 2. The van der Waals surface area contributed by atoms with Crippen LogP contribution in [-0.4, -0.2) is 62.9 Å². The van der Waals surface area contributed by atoms with E-state index in [1.54, 1.807) is 0 Å². The van der Waals surface area contributed by atoms with Gasteiger partial charge in [-0.1, -0.05) is 67.6 Å². The summed E-state index contributed by atoms with van der Waals surface area (Å²) >= 11 is 0. The summed E-state index contributed by atoms with van der Waals surface area (Å²) in [5.74, 6) is 0.0229. The number of nitrogens with one attached hydrogen (secondary N) is 2. The minimum Gasteiger partial charge on any atom is -0.354 e. The molecular formula is C24H34N4O2. The Morgan fingerprint density at radius 1 is 0.700 bits per heavy atom. The van der Waals surface area contributed by atoms with Gasteiger partial charge >= 0.3 is 0 Å². The highest BCUT2D eigenvalue weighted by Gasteiger charge is 2.24. The summed E-state index contributed by atoms with van der Waals surface area (Å²) < 4.78 is 0. The highest BCUT2D eigenvalue weighted by atomic mass is 16.2. The van der Waals surface area contributed by atoms with Crippen molar-refractivity contribution in [3.63, 3.8) is 0 Å². The largest absolute Gasteiger partial charge is 0.354 e. The summed E-state index contributed by atoms with van der Waals surface area (Å²) in [4.78, 5) is 29.3. The van der Waals surface area contributed by atoms with Crippen LogP contribution in [0.1, 0.15) is 30.1 Å². The molecule has 2 rings (SSSR count). The summed E-state index contributed by atoms with van der Waals surface area (Å²) in [6.07, 6.45) is 0. The van der Waals surface area contributed by atoms with E-state index in [1.807, 2.05) is 106 Å². The molecule has 2 aromatic rings. The Kier molecular flexibility index (Phi) is 9.02. The molecule has 6 nitrogen and oxygen atoms in total. The van der Waals surface area contributed by atoms with Crippen LogP contribution in [0.3, 0.4) is 0 Å². The fourth-order valence-corrected chi connectivity index (χ4v) is 3.45. The molecule has 162 valence electrons. The normalized spacial score (nSPS) is 14.2. The SMILES string of the molecule is CC(CNC(=O)C(c1ccccc1)N(C)C)CNC(=O)C(c1ccccc1)N(C)C. The fourth-order valence-electron chi connectivity index (χ4n) is 3.45. The Hall–Kier alpha value is -2.70. The Bertz CT molecular complexity index is 726. The van der Waals surface area contributed by atoms with Gasteiger partial charge in [-0.05, 0) is 45.2 Å². The van der Waals surface area contributed by atoms with Crippen LogP contribution in [0.25, 0.3) is 0 Å². The monoisotopic (exact) mass is 410 g/mol. The van der Waals surface area contributed by atoms with Gasteiger partial charge in [-0.2, -0.15) is 0 Å². The molecule has 6 heteroatoms. The standard InChI is InChI=1S/C24H34N4O2/c1-18(16-25-23(29)21(27(2)3)19-12-8-6-9-13-19)17-26-24(30)22(28(4)5)20-14-10-7-11-15-20/h6-15,18,21-22H,16-17H2,1-5H3,(H,25,29)(H,26,30). The van der Waals surface area contributed by atoms with E-state index in [2.05, 4.69) is 10.6 Å². The second kappa shape index (κ2) is 11.5. The van der Waals surface area contributed by atoms with Crippen LogP contribution in [0.4, 0.5) is 0 Å². The lowest BCUT2D eigenvalue weighted by molar-refractivity contribution is -0.126. The lowest BCUT2D eigenvalue weighted by Crippen LogP contribution is -2.42. The molecule has 0 aliphatic rings. The summed E-state index contributed by atoms with van der Waals surface area (Å²) in [7, 11) is 7.58. The maximum atomic E-state index is 12.8. The molecule has 2 amide bonds. The van der Waals surface area contributed by atoms with E-state index in [4.69, 9.17) is 0 Å². The zero-order chi connectivity index (χ0) is 22.1. The first kappa shape index (κ1) is 23.6. The molecule has 0 spiro atoms. The number of carbonyl (C=O) groups is 2. The van der Waals surface area contributed by atoms with Crippen molar-refractivity contribution in [2.75, 3.05) is 41.3 Å². The van der Waals surface area contributed by atoms with Crippen LogP contribution >= 0.6 is 0 Å². The second-order valence-electron chi connectivity index (χ2n) is 8.15. The van der Waals surface area contributed by atoms with E-state index in [-0.39, 0.29) is 29.8 Å². The van der Waals surface area contributed by atoms with Crippen molar-refractivity contribution in [2.24, 2.45) is 5.92 Å². The zero-order valence-electron chi connectivity index (χ0n) is 18.6. The van der Waals surface area contributed by atoms with Gasteiger partial charge in [0.1, 0.15) is 12.1 Å². The summed E-state index contributed by atoms with van der Waals surface area (Å²) in [5.41, 5.74) is 1.91. The molecule has 0 fully saturated rings. The fraction of sp³-hybridized carbons (Fsp3) is 0.417. The van der Waals surface area contributed by atoms with Gasteiger partial charge in [0, 0.05) is 13.1 Å². The van der Waals surface area contributed by atoms with Gasteiger partial charge < -0.3 is 10.6 Å². The number of hydrogen-bond donors (Lipinski definition) is 2. The van der Waals surface area contributed by atoms with Gasteiger partial charge in [-0.25, -0.2) is 0 Å². The predicted octanol–water partition coefficient (Wildman–Crippen LogP) is 2.46. The number of nitrogens with zero attached hydrogens (tertiary/aromatic N) is 2. The van der Waals surface area contributed by atoms with Gasteiger partial charge in [-0.15, -0.1) is 0 Å². The van der Waals surface area contributed by atoms with Crippen molar-refractivity contribution in [2.45, 2.75) is 19.0 Å². The molecule has 0 saturated heterocycles. The average Bonchev–Trinajstić information content (AvgIpc) is 2.72. The Morgan fingerprint density at radius 2 is 1.03 bits per heavy atom. The lowest BCUT2D eigenvalue weighted by Gasteiger charge is -2.26. The van der Waals surface area contributed by atoms with Crippen molar-refractivity contribution in [3.05, 3.63) is 71.8 Å². The smallest absolute Gasteiger partial charge is 0.241 e. The molecule has 0 aliphatic carbocycles. The molecule has 2 N–H and O–H groups in total. The number of rotatable bonds is 10. The molecule has 2 aromatic carbocycles. The zero-order valence-corrected chi connectivity index (χ0v) is 18.6. The number of hydrogen-bond acceptors (Lipinski definition) is 4. The molecule has 30 heavy (non-hydrogen) atoms. The summed E-state index contributed by atoms with van der Waals surface area (Å²) in [5, 5.41) is 6.05. The lowest BCUT2D eigenvalue weighted by atomic mass is 10.0. The molecule has 0 aromatic heterocycles. The van der Waals surface area contributed by atoms with Crippen molar-refractivity contribution in [1.29, 1.82) is 0 Å². The van der Waals surface area contributed by atoms with Crippen LogP contribution in [0, 0.1) is 5.92 Å². The first-order valence-corrected chi connectivity index (χ1v) is 10.3. The van der Waals surface area contributed by atoms with Gasteiger partial charge in [0.25, 0.3) is 0 Å². The van der Waals surface area contributed by atoms with Gasteiger partial charge in [0.05, 0.1) is 0 Å². The van der Waals surface area contributed by atoms with Gasteiger partial charge in [-0.3, -0.25) is 19.4 Å². The first-order valence-electron chi connectivity index (χ1n) is 10.3. The third-order valence-corrected chi connectivity index (χ3v) is 5.01. The number of benzene rings is 2. The van der Waals surface area contributed by atoms with Crippen molar-refractivity contribution < 1.29 is 9.59 Å². The topological polar surface area (TPSA) is 64.7 Å². The van der Waals surface area contributed by atoms with E-state index in [0.29, 0.717) is 13.1 Å². The van der Waals surface area contributed by atoms with Crippen molar-refractivity contribution >= 4 is 11.8 Å². The highest BCUT2D eigenvalue weighted by Crippen LogP contribution is 2.19. The van der Waals surface area contributed by atoms with E-state index >= 15 is 0 Å². The van der Waals surface area contributed by atoms with Crippen LogP contribution in [0.5, 0.6) is 0 Å². The second-order valence-corrected chi connectivity index (χ2v) is 8.15. The average molecular weight is 411 g/mol. The Morgan fingerprint density at radius 3 is 1.33 bits per heavy atom. The minimum absolute atomic E-state index is 0.0418. The highest BCUT2D eigenvalue weighted by molar-refractivity contribution is 5.83. The third-order valence-electron chi connectivity index (χ3n) is 5.01. The predicted molar refractivity (Wildman–Crippen MR) is 121 cm³/mol. The molecule has 0 bridgehead atoms. The van der Waals surface area contributed by atoms with Crippen LogP contribution in [0.2, 0.25) is 0 Å². The molecular weight excluding hydrogens is 376 g/mol. The van der Waals surface area contributed by atoms with E-state index in [0.717, 1.165) is 11.1 Å². The maximum Gasteiger partial charge on any atom is 0.241 e. The Balaban J connectivity index is 1.88. The minimum atomic E-state index is -0.343. The summed E-state index contributed by atoms with van der Waals surface area (Å²) in [6, 6.07) is 18.8. The molecule has 0 heterocycles. The molecule has 0 radical (unpaired) electrons.